The Morgan fingerprint density at radius 3 is 2.66 bits per heavy atom. The minimum Gasteiger partial charge on any atom is -0.352 e. The van der Waals surface area contributed by atoms with E-state index in [1.54, 1.807) is 0 Å². The predicted molar refractivity (Wildman–Crippen MR) is 134 cm³/mol. The lowest BCUT2D eigenvalue weighted by molar-refractivity contribution is 0.0952. The highest BCUT2D eigenvalue weighted by Gasteiger charge is 2.18. The number of fused-ring (bicyclic) bond motifs is 1. The number of aromatic nitrogens is 1. The first-order valence-corrected chi connectivity index (χ1v) is 12.6. The molecule has 1 amide bonds. The first-order chi connectivity index (χ1) is 15.6. The third-order valence-corrected chi connectivity index (χ3v) is 7.32. The molecule has 4 nitrogen and oxygen atoms in total. The molecule has 3 aromatic rings. The molecule has 4 rings (SSSR count). The largest absolute Gasteiger partial charge is 0.352 e. The maximum atomic E-state index is 13.1. The fraction of sp³-hybridized carbons (Fsp3) is 0.385. The van der Waals surface area contributed by atoms with Gasteiger partial charge in [0.1, 0.15) is 5.03 Å². The number of rotatable bonds is 8. The van der Waals surface area contributed by atoms with Gasteiger partial charge in [-0.25, -0.2) is 4.98 Å². The zero-order valence-electron chi connectivity index (χ0n) is 18.5. The van der Waals surface area contributed by atoms with Gasteiger partial charge in [-0.1, -0.05) is 60.8 Å². The van der Waals surface area contributed by atoms with Crippen LogP contribution >= 0.6 is 23.4 Å². The lowest BCUT2D eigenvalue weighted by Crippen LogP contribution is -2.35. The van der Waals surface area contributed by atoms with Crippen molar-refractivity contribution in [2.45, 2.75) is 54.5 Å². The van der Waals surface area contributed by atoms with Gasteiger partial charge in [-0.05, 0) is 69.3 Å². The van der Waals surface area contributed by atoms with E-state index in [2.05, 4.69) is 17.3 Å². The molecule has 6 heteroatoms. The SMILES string of the molecule is CN(CCCNC(=O)c1cc(Sc2ccc(Cl)cc2)nc2ccccc12)C1CCCCC1. The van der Waals surface area contributed by atoms with E-state index >= 15 is 0 Å². The number of amides is 1. The van der Waals surface area contributed by atoms with Gasteiger partial charge in [-0.2, -0.15) is 0 Å². The summed E-state index contributed by atoms with van der Waals surface area (Å²) in [6.07, 6.45) is 7.63. The molecular formula is C26H30ClN3OS. The molecule has 1 fully saturated rings. The molecule has 1 saturated carbocycles. The van der Waals surface area contributed by atoms with E-state index in [4.69, 9.17) is 16.6 Å². The van der Waals surface area contributed by atoms with Crippen molar-refractivity contribution in [1.29, 1.82) is 0 Å². The average molecular weight is 468 g/mol. The predicted octanol–water partition coefficient (Wildman–Crippen LogP) is 6.42. The fourth-order valence-corrected chi connectivity index (χ4v) is 5.31. The Bertz CT molecular complexity index is 1050. The van der Waals surface area contributed by atoms with Gasteiger partial charge in [-0.15, -0.1) is 0 Å². The Labute approximate surface area is 199 Å². The van der Waals surface area contributed by atoms with Gasteiger partial charge < -0.3 is 10.2 Å². The van der Waals surface area contributed by atoms with E-state index in [1.165, 1.54) is 43.9 Å². The molecule has 0 aliphatic heterocycles. The summed E-state index contributed by atoms with van der Waals surface area (Å²) in [4.78, 5) is 21.3. The molecule has 32 heavy (non-hydrogen) atoms. The summed E-state index contributed by atoms with van der Waals surface area (Å²) in [6.45, 7) is 1.69. The summed E-state index contributed by atoms with van der Waals surface area (Å²) in [5.74, 6) is -0.0399. The summed E-state index contributed by atoms with van der Waals surface area (Å²) >= 11 is 7.54. The zero-order valence-corrected chi connectivity index (χ0v) is 20.1. The Kier molecular flexibility index (Phi) is 8.06. The highest BCUT2D eigenvalue weighted by Crippen LogP contribution is 2.30. The van der Waals surface area contributed by atoms with E-state index in [-0.39, 0.29) is 5.91 Å². The maximum absolute atomic E-state index is 13.1. The van der Waals surface area contributed by atoms with Crippen molar-refractivity contribution in [3.05, 3.63) is 65.2 Å². The number of carbonyl (C=O) groups is 1. The summed E-state index contributed by atoms with van der Waals surface area (Å²) in [5, 5.41) is 5.51. The number of carbonyl (C=O) groups excluding carboxylic acids is 1. The number of hydrogen-bond acceptors (Lipinski definition) is 4. The van der Waals surface area contributed by atoms with Crippen LogP contribution in [-0.2, 0) is 0 Å². The normalized spacial score (nSPS) is 14.7. The molecule has 0 unspecified atom stereocenters. The Morgan fingerprint density at radius 2 is 1.88 bits per heavy atom. The topological polar surface area (TPSA) is 45.2 Å². The molecule has 1 aliphatic rings. The van der Waals surface area contributed by atoms with E-state index < -0.39 is 0 Å². The number of nitrogens with zero attached hydrogens (tertiary/aromatic N) is 2. The fourth-order valence-electron chi connectivity index (χ4n) is 4.34. The summed E-state index contributed by atoms with van der Waals surface area (Å²) in [7, 11) is 2.22. The highest BCUT2D eigenvalue weighted by molar-refractivity contribution is 7.99. The van der Waals surface area contributed by atoms with Crippen LogP contribution in [-0.4, -0.2) is 42.0 Å². The van der Waals surface area contributed by atoms with E-state index in [1.807, 2.05) is 54.6 Å². The molecule has 0 spiro atoms. The van der Waals surface area contributed by atoms with Crippen LogP contribution in [0.5, 0.6) is 0 Å². The standard InChI is InChI=1S/C26H30ClN3OS/c1-30(20-8-3-2-4-9-20)17-7-16-28-26(31)23-18-25(29-24-11-6-5-10-22(23)24)32-21-14-12-19(27)13-15-21/h5-6,10-15,18,20H,2-4,7-9,16-17H2,1H3,(H,28,31). The quantitative estimate of drug-likeness (QED) is 0.388. The summed E-state index contributed by atoms with van der Waals surface area (Å²) in [6, 6.07) is 18.1. The Balaban J connectivity index is 1.41. The van der Waals surface area contributed by atoms with Crippen LogP contribution in [0.1, 0.15) is 48.9 Å². The van der Waals surface area contributed by atoms with E-state index in [0.717, 1.165) is 33.8 Å². The van der Waals surface area contributed by atoms with Crippen LogP contribution in [0.2, 0.25) is 5.02 Å². The van der Waals surface area contributed by atoms with E-state index in [0.29, 0.717) is 23.2 Å². The molecule has 0 saturated heterocycles. The molecule has 1 aromatic heterocycles. The van der Waals surface area contributed by atoms with Gasteiger partial charge in [0.05, 0.1) is 11.1 Å². The molecule has 2 aromatic carbocycles. The summed E-state index contributed by atoms with van der Waals surface area (Å²) in [5.41, 5.74) is 1.50. The van der Waals surface area contributed by atoms with Crippen LogP contribution in [0, 0.1) is 0 Å². The lowest BCUT2D eigenvalue weighted by Gasteiger charge is -2.31. The molecule has 1 aliphatic carbocycles. The molecule has 0 bridgehead atoms. The van der Waals surface area contributed by atoms with Gasteiger partial charge in [0.2, 0.25) is 0 Å². The average Bonchev–Trinajstić information content (AvgIpc) is 2.83. The first kappa shape index (κ1) is 23.1. The van der Waals surface area contributed by atoms with Gasteiger partial charge >= 0.3 is 0 Å². The Hall–Kier alpha value is -2.08. The minimum atomic E-state index is -0.0399. The number of nitrogens with one attached hydrogen (secondary N) is 1. The molecular weight excluding hydrogens is 438 g/mol. The van der Waals surface area contributed by atoms with Crippen LogP contribution in [0.25, 0.3) is 10.9 Å². The Morgan fingerprint density at radius 1 is 1.12 bits per heavy atom. The van der Waals surface area contributed by atoms with Crippen molar-refractivity contribution in [2.75, 3.05) is 20.1 Å². The second-order valence-corrected chi connectivity index (χ2v) is 9.99. The van der Waals surface area contributed by atoms with Crippen LogP contribution in [0.3, 0.4) is 0 Å². The van der Waals surface area contributed by atoms with Gasteiger partial charge in [0.25, 0.3) is 5.91 Å². The summed E-state index contributed by atoms with van der Waals surface area (Å²) < 4.78 is 0. The van der Waals surface area contributed by atoms with Gasteiger partial charge in [0.15, 0.2) is 0 Å². The maximum Gasteiger partial charge on any atom is 0.252 e. The zero-order chi connectivity index (χ0) is 22.3. The second kappa shape index (κ2) is 11.2. The number of pyridine rings is 1. The highest BCUT2D eigenvalue weighted by atomic mass is 35.5. The van der Waals surface area contributed by atoms with Crippen molar-refractivity contribution in [2.24, 2.45) is 0 Å². The first-order valence-electron chi connectivity index (χ1n) is 11.4. The minimum absolute atomic E-state index is 0.0399. The van der Waals surface area contributed by atoms with Crippen molar-refractivity contribution < 1.29 is 4.79 Å². The lowest BCUT2D eigenvalue weighted by atomic mass is 9.94. The van der Waals surface area contributed by atoms with Crippen molar-refractivity contribution in [1.82, 2.24) is 15.2 Å². The smallest absolute Gasteiger partial charge is 0.252 e. The monoisotopic (exact) mass is 467 g/mol. The van der Waals surface area contributed by atoms with Crippen LogP contribution < -0.4 is 5.32 Å². The van der Waals surface area contributed by atoms with Crippen molar-refractivity contribution in [3.63, 3.8) is 0 Å². The van der Waals surface area contributed by atoms with E-state index in [9.17, 15) is 4.79 Å². The molecule has 0 atom stereocenters. The van der Waals surface area contributed by atoms with Crippen molar-refractivity contribution >= 4 is 40.2 Å². The number of halogens is 1. The number of benzene rings is 2. The van der Waals surface area contributed by atoms with Crippen LogP contribution in [0.4, 0.5) is 0 Å². The molecule has 168 valence electrons. The van der Waals surface area contributed by atoms with Gasteiger partial charge in [-0.3, -0.25) is 4.79 Å². The third-order valence-electron chi connectivity index (χ3n) is 6.14. The van der Waals surface area contributed by atoms with Crippen LogP contribution in [0.15, 0.2) is 64.5 Å². The molecule has 1 N–H and O–H groups in total. The molecule has 0 radical (unpaired) electrons. The number of para-hydroxylation sites is 1. The van der Waals surface area contributed by atoms with Crippen molar-refractivity contribution in [3.8, 4) is 0 Å². The van der Waals surface area contributed by atoms with Gasteiger partial charge in [0, 0.05) is 27.9 Å². The molecule has 1 heterocycles. The third kappa shape index (κ3) is 6.03. The number of hydrogen-bond donors (Lipinski definition) is 1. The second-order valence-electron chi connectivity index (χ2n) is 8.46.